The van der Waals surface area contributed by atoms with Crippen molar-refractivity contribution in [2.75, 3.05) is 11.5 Å². The number of aromatic amines is 1. The second-order valence-corrected chi connectivity index (χ2v) is 10.2. The number of sulfone groups is 1. The van der Waals surface area contributed by atoms with E-state index in [2.05, 4.69) is 20.6 Å². The van der Waals surface area contributed by atoms with Crippen LogP contribution in [0.15, 0.2) is 0 Å². The molecule has 0 saturated heterocycles. The molecule has 168 valence electrons. The van der Waals surface area contributed by atoms with E-state index >= 15 is 0 Å². The van der Waals surface area contributed by atoms with Gasteiger partial charge in [0, 0.05) is 12.8 Å². The van der Waals surface area contributed by atoms with E-state index in [1.165, 1.54) is 57.8 Å². The molecule has 0 saturated carbocycles. The number of nitrogens with one attached hydrogen (secondary N) is 1. The topological polar surface area (TPSA) is 106 Å². The molecule has 29 heavy (non-hydrogen) atoms. The van der Waals surface area contributed by atoms with Crippen molar-refractivity contribution in [3.63, 3.8) is 0 Å². The molecule has 7 nitrogen and oxygen atoms in total. The lowest BCUT2D eigenvalue weighted by Gasteiger charge is -2.04. The van der Waals surface area contributed by atoms with Gasteiger partial charge in [-0.15, -0.1) is 10.2 Å². The lowest BCUT2D eigenvalue weighted by Crippen LogP contribution is -2.18. The molecule has 0 aliphatic rings. The fraction of sp³-hybridized carbons (Fsp3) is 0.905. The van der Waals surface area contributed by atoms with Gasteiger partial charge in [0.25, 0.3) is 0 Å². The Morgan fingerprint density at radius 2 is 1.34 bits per heavy atom. The number of tetrazole rings is 1. The molecular weight excluding hydrogens is 388 g/mol. The standard InChI is InChI=1S/C21H40N4O3S/c1-2-18-29(27,28)19-20(26)16-14-12-10-8-6-4-3-5-7-9-11-13-15-17-21-22-24-25-23-21/h2-19H2,1H3,(H,22,23,24,25). The van der Waals surface area contributed by atoms with Crippen LogP contribution in [0.3, 0.4) is 0 Å². The van der Waals surface area contributed by atoms with Crippen LogP contribution in [0.5, 0.6) is 0 Å². The first-order valence-corrected chi connectivity index (χ1v) is 13.3. The summed E-state index contributed by atoms with van der Waals surface area (Å²) in [5, 5.41) is 14.0. The molecule has 1 aromatic rings. The second kappa shape index (κ2) is 16.5. The highest BCUT2D eigenvalue weighted by Gasteiger charge is 2.14. The summed E-state index contributed by atoms with van der Waals surface area (Å²) in [4.78, 5) is 11.7. The number of unbranched alkanes of at least 4 members (excludes halogenated alkanes) is 12. The van der Waals surface area contributed by atoms with Crippen LogP contribution in [-0.2, 0) is 21.1 Å². The molecule has 0 fully saturated rings. The average molecular weight is 429 g/mol. The minimum atomic E-state index is -3.17. The molecule has 0 radical (unpaired) electrons. The lowest BCUT2D eigenvalue weighted by atomic mass is 10.0. The van der Waals surface area contributed by atoms with Crippen molar-refractivity contribution in [3.8, 4) is 0 Å². The number of aryl methyl sites for hydroxylation is 1. The summed E-state index contributed by atoms with van der Waals surface area (Å²) in [6.07, 6.45) is 17.7. The van der Waals surface area contributed by atoms with Crippen molar-refractivity contribution >= 4 is 15.6 Å². The first kappa shape index (κ1) is 25.7. The van der Waals surface area contributed by atoms with E-state index in [0.29, 0.717) is 12.8 Å². The minimum Gasteiger partial charge on any atom is -0.299 e. The number of hydrogen-bond donors (Lipinski definition) is 1. The maximum absolute atomic E-state index is 11.7. The average Bonchev–Trinajstić information content (AvgIpc) is 3.17. The third-order valence-corrected chi connectivity index (χ3v) is 6.93. The van der Waals surface area contributed by atoms with Crippen molar-refractivity contribution in [3.05, 3.63) is 5.82 Å². The highest BCUT2D eigenvalue weighted by molar-refractivity contribution is 7.92. The quantitative estimate of drug-likeness (QED) is 0.304. The van der Waals surface area contributed by atoms with E-state index in [-0.39, 0.29) is 17.3 Å². The van der Waals surface area contributed by atoms with Gasteiger partial charge >= 0.3 is 0 Å². The number of Topliss-reactive ketones (excluding diaryl/α,β-unsaturated/α-hetero) is 1. The Morgan fingerprint density at radius 3 is 1.83 bits per heavy atom. The number of nitrogens with zero attached hydrogens (tertiary/aromatic N) is 3. The van der Waals surface area contributed by atoms with E-state index in [0.717, 1.165) is 37.9 Å². The molecule has 0 spiro atoms. The summed E-state index contributed by atoms with van der Waals surface area (Å²) in [5.74, 6) is 0.560. The normalized spacial score (nSPS) is 11.8. The summed E-state index contributed by atoms with van der Waals surface area (Å²) in [5.41, 5.74) is 0. The minimum absolute atomic E-state index is 0.117. The zero-order chi connectivity index (χ0) is 21.2. The fourth-order valence-corrected chi connectivity index (χ4v) is 4.94. The summed E-state index contributed by atoms with van der Waals surface area (Å²) in [7, 11) is -3.17. The molecule has 0 aliphatic heterocycles. The number of carbonyl (C=O) groups is 1. The van der Waals surface area contributed by atoms with Crippen LogP contribution in [0.2, 0.25) is 0 Å². The molecule has 0 unspecified atom stereocenters. The Bertz CT molecular complexity index is 618. The number of ketones is 1. The maximum Gasteiger partial charge on any atom is 0.174 e. The Labute approximate surface area is 176 Å². The summed E-state index contributed by atoms with van der Waals surface area (Å²) in [6.45, 7) is 1.82. The van der Waals surface area contributed by atoms with Crippen molar-refractivity contribution < 1.29 is 13.2 Å². The van der Waals surface area contributed by atoms with Crippen LogP contribution in [0.1, 0.15) is 109 Å². The van der Waals surface area contributed by atoms with Gasteiger partial charge < -0.3 is 0 Å². The van der Waals surface area contributed by atoms with Crippen LogP contribution in [-0.4, -0.2) is 46.3 Å². The monoisotopic (exact) mass is 428 g/mol. The van der Waals surface area contributed by atoms with Gasteiger partial charge in [0.1, 0.15) is 11.5 Å². The van der Waals surface area contributed by atoms with Gasteiger partial charge in [-0.2, -0.15) is 5.21 Å². The molecule has 1 rings (SSSR count). The Hall–Kier alpha value is -1.31. The van der Waals surface area contributed by atoms with Crippen molar-refractivity contribution in [1.82, 2.24) is 20.6 Å². The van der Waals surface area contributed by atoms with Crippen LogP contribution >= 0.6 is 0 Å². The molecule has 0 aliphatic carbocycles. The molecule has 0 amide bonds. The van der Waals surface area contributed by atoms with E-state index in [9.17, 15) is 13.2 Å². The van der Waals surface area contributed by atoms with E-state index in [1.807, 2.05) is 6.92 Å². The van der Waals surface area contributed by atoms with E-state index < -0.39 is 9.84 Å². The van der Waals surface area contributed by atoms with Crippen LogP contribution in [0.25, 0.3) is 0 Å². The van der Waals surface area contributed by atoms with Gasteiger partial charge in [0.2, 0.25) is 0 Å². The number of H-pyrrole nitrogens is 1. The summed E-state index contributed by atoms with van der Waals surface area (Å²) < 4.78 is 23.2. The predicted molar refractivity (Wildman–Crippen MR) is 116 cm³/mol. The summed E-state index contributed by atoms with van der Waals surface area (Å²) >= 11 is 0. The Kier molecular flexibility index (Phi) is 14.6. The van der Waals surface area contributed by atoms with Crippen molar-refractivity contribution in [2.24, 2.45) is 0 Å². The Morgan fingerprint density at radius 1 is 0.828 bits per heavy atom. The maximum atomic E-state index is 11.7. The number of rotatable bonds is 20. The van der Waals surface area contributed by atoms with Crippen LogP contribution in [0.4, 0.5) is 0 Å². The fourth-order valence-electron chi connectivity index (χ4n) is 3.54. The van der Waals surface area contributed by atoms with Gasteiger partial charge in [-0.25, -0.2) is 8.42 Å². The first-order chi connectivity index (χ1) is 14.0. The highest BCUT2D eigenvalue weighted by Crippen LogP contribution is 2.13. The van der Waals surface area contributed by atoms with Gasteiger partial charge in [-0.1, -0.05) is 82.8 Å². The van der Waals surface area contributed by atoms with Gasteiger partial charge in [0.15, 0.2) is 15.7 Å². The van der Waals surface area contributed by atoms with Crippen LogP contribution < -0.4 is 0 Å². The molecule has 0 aromatic carbocycles. The number of aromatic nitrogens is 4. The zero-order valence-electron chi connectivity index (χ0n) is 18.2. The van der Waals surface area contributed by atoms with E-state index in [4.69, 9.17) is 0 Å². The van der Waals surface area contributed by atoms with Crippen LogP contribution in [0, 0.1) is 0 Å². The van der Waals surface area contributed by atoms with Gasteiger partial charge in [-0.3, -0.25) is 4.79 Å². The third-order valence-electron chi connectivity index (χ3n) is 5.14. The lowest BCUT2D eigenvalue weighted by molar-refractivity contribution is -0.116. The number of carbonyl (C=O) groups excluding carboxylic acids is 1. The Balaban J connectivity index is 1.78. The zero-order valence-corrected chi connectivity index (χ0v) is 19.0. The van der Waals surface area contributed by atoms with Gasteiger partial charge in [0.05, 0.1) is 5.75 Å². The number of hydrogen-bond acceptors (Lipinski definition) is 6. The smallest absolute Gasteiger partial charge is 0.174 e. The van der Waals surface area contributed by atoms with Crippen molar-refractivity contribution in [2.45, 2.75) is 110 Å². The molecule has 0 atom stereocenters. The SMILES string of the molecule is CCCS(=O)(=O)CC(=O)CCCCCCCCCCCCCCCc1nn[nH]n1. The molecule has 1 heterocycles. The predicted octanol–water partition coefficient (Wildman–Crippen LogP) is 4.60. The largest absolute Gasteiger partial charge is 0.299 e. The van der Waals surface area contributed by atoms with Gasteiger partial charge in [-0.05, 0) is 19.3 Å². The highest BCUT2D eigenvalue weighted by atomic mass is 32.2. The second-order valence-electron chi connectivity index (χ2n) is 8.05. The molecule has 1 N–H and O–H groups in total. The molecule has 8 heteroatoms. The van der Waals surface area contributed by atoms with Crippen molar-refractivity contribution in [1.29, 1.82) is 0 Å². The molecule has 1 aromatic heterocycles. The summed E-state index contributed by atoms with van der Waals surface area (Å²) in [6, 6.07) is 0. The molecular formula is C21H40N4O3S. The molecule has 0 bridgehead atoms. The van der Waals surface area contributed by atoms with E-state index in [1.54, 1.807) is 0 Å². The first-order valence-electron chi connectivity index (χ1n) is 11.5. The third kappa shape index (κ3) is 15.2.